The largest absolute Gasteiger partial charge is 0.376 e. The first-order chi connectivity index (χ1) is 9.66. The third-order valence-electron chi connectivity index (χ3n) is 3.65. The van der Waals surface area contributed by atoms with Crippen molar-refractivity contribution in [1.82, 2.24) is 10.6 Å². The molecule has 1 fully saturated rings. The average Bonchev–Trinajstić information content (AvgIpc) is 2.44. The molecule has 1 heterocycles. The Bertz CT molecular complexity index is 454. The van der Waals surface area contributed by atoms with Crippen LogP contribution in [0, 0.1) is 13.8 Å². The highest BCUT2D eigenvalue weighted by Crippen LogP contribution is 2.10. The maximum absolute atomic E-state index is 12.1. The lowest BCUT2D eigenvalue weighted by Crippen LogP contribution is -2.34. The van der Waals surface area contributed by atoms with Gasteiger partial charge in [-0.25, -0.2) is 0 Å². The number of nitrogens with one attached hydrogen (secondary N) is 2. The van der Waals surface area contributed by atoms with Gasteiger partial charge < -0.3 is 15.4 Å². The van der Waals surface area contributed by atoms with Gasteiger partial charge in [0.25, 0.3) is 5.91 Å². The molecule has 1 saturated heterocycles. The number of carbonyl (C=O) groups excluding carboxylic acids is 1. The summed E-state index contributed by atoms with van der Waals surface area (Å²) in [4.78, 5) is 12.1. The molecule has 0 aliphatic carbocycles. The first-order valence-electron chi connectivity index (χ1n) is 7.34. The predicted octanol–water partition coefficient (Wildman–Crippen LogP) is 1.80. The summed E-state index contributed by atoms with van der Waals surface area (Å²) in [6.07, 6.45) is 2.46. The number of benzene rings is 1. The van der Waals surface area contributed by atoms with Crippen molar-refractivity contribution in [2.45, 2.75) is 32.8 Å². The average molecular weight is 276 g/mol. The number of carbonyl (C=O) groups is 1. The molecule has 0 radical (unpaired) electrons. The van der Waals surface area contributed by atoms with E-state index in [2.05, 4.69) is 10.6 Å². The summed E-state index contributed by atoms with van der Waals surface area (Å²) in [6, 6.07) is 5.88. The minimum Gasteiger partial charge on any atom is -0.376 e. The molecule has 1 aromatic carbocycles. The Kier molecular flexibility index (Phi) is 5.56. The number of ether oxygens (including phenoxy) is 1. The lowest BCUT2D eigenvalue weighted by Gasteiger charge is -2.23. The SMILES string of the molecule is Cc1ccc(C(=O)NCCOC2CCNCC2)c(C)c1. The fourth-order valence-electron chi connectivity index (χ4n) is 2.52. The molecule has 0 atom stereocenters. The van der Waals surface area contributed by atoms with Crippen LogP contribution in [-0.2, 0) is 4.74 Å². The van der Waals surface area contributed by atoms with Gasteiger partial charge in [0.15, 0.2) is 0 Å². The van der Waals surface area contributed by atoms with E-state index in [9.17, 15) is 4.79 Å². The van der Waals surface area contributed by atoms with Crippen LogP contribution >= 0.6 is 0 Å². The second-order valence-electron chi connectivity index (χ2n) is 5.39. The van der Waals surface area contributed by atoms with Gasteiger partial charge >= 0.3 is 0 Å². The van der Waals surface area contributed by atoms with Crippen LogP contribution in [0.4, 0.5) is 0 Å². The predicted molar refractivity (Wildman–Crippen MR) is 80.1 cm³/mol. The molecule has 0 saturated carbocycles. The van der Waals surface area contributed by atoms with Crippen LogP contribution in [0.5, 0.6) is 0 Å². The van der Waals surface area contributed by atoms with Gasteiger partial charge in [-0.2, -0.15) is 0 Å². The Hall–Kier alpha value is -1.39. The minimum atomic E-state index is -0.0172. The Morgan fingerprint density at radius 2 is 2.10 bits per heavy atom. The number of hydrogen-bond donors (Lipinski definition) is 2. The number of amides is 1. The number of hydrogen-bond acceptors (Lipinski definition) is 3. The third-order valence-corrected chi connectivity index (χ3v) is 3.65. The molecule has 4 nitrogen and oxygen atoms in total. The first kappa shape index (κ1) is 15.0. The van der Waals surface area contributed by atoms with Crippen molar-refractivity contribution in [3.8, 4) is 0 Å². The van der Waals surface area contributed by atoms with Crippen LogP contribution in [0.15, 0.2) is 18.2 Å². The summed E-state index contributed by atoms with van der Waals surface area (Å²) in [7, 11) is 0. The Morgan fingerprint density at radius 3 is 2.80 bits per heavy atom. The van der Waals surface area contributed by atoms with Crippen LogP contribution < -0.4 is 10.6 Å². The van der Waals surface area contributed by atoms with Gasteiger partial charge in [0.05, 0.1) is 12.7 Å². The molecule has 1 aromatic rings. The van der Waals surface area contributed by atoms with Crippen LogP contribution in [0.3, 0.4) is 0 Å². The molecular formula is C16H24N2O2. The van der Waals surface area contributed by atoms with Gasteiger partial charge in [0.2, 0.25) is 0 Å². The highest BCUT2D eigenvalue weighted by atomic mass is 16.5. The summed E-state index contributed by atoms with van der Waals surface area (Å²) in [5.41, 5.74) is 2.94. The first-order valence-corrected chi connectivity index (χ1v) is 7.34. The van der Waals surface area contributed by atoms with Crippen LogP contribution in [-0.4, -0.2) is 38.3 Å². The Morgan fingerprint density at radius 1 is 1.35 bits per heavy atom. The van der Waals surface area contributed by atoms with Gasteiger partial charge in [0.1, 0.15) is 0 Å². The van der Waals surface area contributed by atoms with E-state index in [1.165, 1.54) is 5.56 Å². The van der Waals surface area contributed by atoms with Gasteiger partial charge in [-0.3, -0.25) is 4.79 Å². The highest BCUT2D eigenvalue weighted by Gasteiger charge is 2.13. The molecule has 2 N–H and O–H groups in total. The number of rotatable bonds is 5. The standard InChI is InChI=1S/C16H24N2O2/c1-12-3-4-15(13(2)11-12)16(19)18-9-10-20-14-5-7-17-8-6-14/h3-4,11,14,17H,5-10H2,1-2H3,(H,18,19). The van der Waals surface area contributed by atoms with Crippen LogP contribution in [0.25, 0.3) is 0 Å². The number of aryl methyl sites for hydroxylation is 2. The summed E-state index contributed by atoms with van der Waals surface area (Å²) < 4.78 is 5.76. The van der Waals surface area contributed by atoms with E-state index in [-0.39, 0.29) is 5.91 Å². The highest BCUT2D eigenvalue weighted by molar-refractivity contribution is 5.95. The molecule has 0 unspecified atom stereocenters. The second kappa shape index (κ2) is 7.41. The smallest absolute Gasteiger partial charge is 0.251 e. The molecule has 20 heavy (non-hydrogen) atoms. The third kappa shape index (κ3) is 4.32. The van der Waals surface area contributed by atoms with Crippen molar-refractivity contribution in [2.75, 3.05) is 26.2 Å². The van der Waals surface area contributed by atoms with Crippen LogP contribution in [0.2, 0.25) is 0 Å². The maximum Gasteiger partial charge on any atom is 0.251 e. The lowest BCUT2D eigenvalue weighted by atomic mass is 10.1. The van der Waals surface area contributed by atoms with E-state index in [4.69, 9.17) is 4.74 Å². The topological polar surface area (TPSA) is 50.4 Å². The van der Waals surface area contributed by atoms with E-state index < -0.39 is 0 Å². The van der Waals surface area contributed by atoms with Crippen molar-refractivity contribution in [3.63, 3.8) is 0 Å². The van der Waals surface area contributed by atoms with Crippen molar-refractivity contribution < 1.29 is 9.53 Å². The molecule has 4 heteroatoms. The maximum atomic E-state index is 12.1. The summed E-state index contributed by atoms with van der Waals surface area (Å²) in [5, 5.41) is 6.23. The Balaban J connectivity index is 1.72. The molecule has 2 rings (SSSR count). The Labute approximate surface area is 120 Å². The molecule has 0 spiro atoms. The van der Waals surface area contributed by atoms with E-state index >= 15 is 0 Å². The molecule has 0 aromatic heterocycles. The molecule has 1 amide bonds. The summed E-state index contributed by atoms with van der Waals surface area (Å²) >= 11 is 0. The van der Waals surface area contributed by atoms with E-state index in [1.54, 1.807) is 0 Å². The second-order valence-corrected chi connectivity index (χ2v) is 5.39. The fourth-order valence-corrected chi connectivity index (χ4v) is 2.52. The lowest BCUT2D eigenvalue weighted by molar-refractivity contribution is 0.0343. The minimum absolute atomic E-state index is 0.0172. The zero-order chi connectivity index (χ0) is 14.4. The zero-order valence-electron chi connectivity index (χ0n) is 12.4. The number of piperidine rings is 1. The monoisotopic (exact) mass is 276 g/mol. The van der Waals surface area contributed by atoms with E-state index in [0.717, 1.165) is 37.1 Å². The molecule has 110 valence electrons. The zero-order valence-corrected chi connectivity index (χ0v) is 12.4. The molecule has 0 bridgehead atoms. The van der Waals surface area contributed by atoms with E-state index in [0.29, 0.717) is 19.3 Å². The fraction of sp³-hybridized carbons (Fsp3) is 0.562. The van der Waals surface area contributed by atoms with E-state index in [1.807, 2.05) is 32.0 Å². The van der Waals surface area contributed by atoms with Crippen molar-refractivity contribution in [2.24, 2.45) is 0 Å². The molecule has 1 aliphatic rings. The molecule has 1 aliphatic heterocycles. The van der Waals surface area contributed by atoms with Crippen molar-refractivity contribution in [1.29, 1.82) is 0 Å². The van der Waals surface area contributed by atoms with Gasteiger partial charge in [0, 0.05) is 12.1 Å². The quantitative estimate of drug-likeness (QED) is 0.806. The summed E-state index contributed by atoms with van der Waals surface area (Å²) in [6.45, 7) is 7.20. The molecular weight excluding hydrogens is 252 g/mol. The van der Waals surface area contributed by atoms with Crippen molar-refractivity contribution >= 4 is 5.91 Å². The van der Waals surface area contributed by atoms with Crippen LogP contribution in [0.1, 0.15) is 34.3 Å². The van der Waals surface area contributed by atoms with Gasteiger partial charge in [-0.15, -0.1) is 0 Å². The normalized spacial score (nSPS) is 16.1. The van der Waals surface area contributed by atoms with Gasteiger partial charge in [-0.05, 0) is 51.4 Å². The summed E-state index contributed by atoms with van der Waals surface area (Å²) in [5.74, 6) is -0.0172. The van der Waals surface area contributed by atoms with Gasteiger partial charge in [-0.1, -0.05) is 17.7 Å². The van der Waals surface area contributed by atoms with Crippen molar-refractivity contribution in [3.05, 3.63) is 34.9 Å².